The lowest BCUT2D eigenvalue weighted by atomic mass is 10.3. The van der Waals surface area contributed by atoms with Gasteiger partial charge < -0.3 is 14.7 Å². The molecule has 2 fully saturated rings. The smallest absolute Gasteiger partial charge is 0.228 e. The summed E-state index contributed by atoms with van der Waals surface area (Å²) in [6.45, 7) is 4.94. The van der Waals surface area contributed by atoms with Crippen LogP contribution in [0.4, 0.5) is 11.8 Å². The molecule has 0 spiro atoms. The van der Waals surface area contributed by atoms with Gasteiger partial charge in [-0.25, -0.2) is 4.98 Å². The number of carbonyl (C=O) groups excluding carboxylic acids is 1. The summed E-state index contributed by atoms with van der Waals surface area (Å²) in [5.74, 6) is 3.92. The Morgan fingerprint density at radius 1 is 1.00 bits per heavy atom. The zero-order valence-corrected chi connectivity index (χ0v) is 14.3. The van der Waals surface area contributed by atoms with E-state index >= 15 is 0 Å². The minimum absolute atomic E-state index is 0.716. The summed E-state index contributed by atoms with van der Waals surface area (Å²) in [4.78, 5) is 31.3. The Kier molecular flexibility index (Phi) is 4.38. The number of piperazine rings is 1. The zero-order chi connectivity index (χ0) is 16.4. The third kappa shape index (κ3) is 2.98. The van der Waals surface area contributed by atoms with Gasteiger partial charge in [0.25, 0.3) is 0 Å². The van der Waals surface area contributed by atoms with Crippen LogP contribution in [0.15, 0.2) is 18.3 Å². The molecule has 4 rings (SSSR count). The van der Waals surface area contributed by atoms with Crippen molar-refractivity contribution in [1.29, 1.82) is 0 Å². The van der Waals surface area contributed by atoms with Gasteiger partial charge in [-0.3, -0.25) is 9.78 Å². The molecule has 0 N–H and O–H groups in total. The van der Waals surface area contributed by atoms with Crippen molar-refractivity contribution in [3.63, 3.8) is 0 Å². The number of amides is 1. The normalized spacial score (nSPS) is 18.9. The molecule has 24 heavy (non-hydrogen) atoms. The number of thioether (sulfide) groups is 1. The molecule has 8 heteroatoms. The van der Waals surface area contributed by atoms with Crippen LogP contribution in [0.1, 0.15) is 0 Å². The molecule has 2 aliphatic rings. The first kappa shape index (κ1) is 15.4. The van der Waals surface area contributed by atoms with Crippen molar-refractivity contribution in [3.8, 4) is 0 Å². The predicted molar refractivity (Wildman–Crippen MR) is 96.7 cm³/mol. The van der Waals surface area contributed by atoms with Crippen LogP contribution in [0.25, 0.3) is 11.0 Å². The van der Waals surface area contributed by atoms with E-state index in [1.807, 2.05) is 23.9 Å². The van der Waals surface area contributed by atoms with Crippen molar-refractivity contribution in [2.24, 2.45) is 0 Å². The van der Waals surface area contributed by atoms with Gasteiger partial charge in [0, 0.05) is 57.0 Å². The molecule has 0 bridgehead atoms. The molecule has 0 radical (unpaired) electrons. The third-order valence-electron chi connectivity index (χ3n) is 4.48. The molecule has 0 saturated carbocycles. The third-order valence-corrected chi connectivity index (χ3v) is 5.42. The molecule has 7 nitrogen and oxygen atoms in total. The highest BCUT2D eigenvalue weighted by molar-refractivity contribution is 7.99. The quantitative estimate of drug-likeness (QED) is 0.765. The van der Waals surface area contributed by atoms with E-state index in [0.29, 0.717) is 13.1 Å². The molecule has 0 aliphatic carbocycles. The summed E-state index contributed by atoms with van der Waals surface area (Å²) < 4.78 is 0. The minimum Gasteiger partial charge on any atom is -0.353 e. The largest absolute Gasteiger partial charge is 0.353 e. The topological polar surface area (TPSA) is 65.5 Å². The number of fused-ring (bicyclic) bond motifs is 1. The molecule has 4 heterocycles. The number of carbonyl (C=O) groups is 1. The van der Waals surface area contributed by atoms with Crippen molar-refractivity contribution in [3.05, 3.63) is 18.3 Å². The number of aromatic nitrogens is 3. The Bertz CT molecular complexity index is 728. The number of anilines is 2. The molecule has 2 aromatic rings. The number of rotatable bonds is 3. The van der Waals surface area contributed by atoms with Gasteiger partial charge in [-0.15, -0.1) is 0 Å². The Morgan fingerprint density at radius 2 is 1.79 bits per heavy atom. The molecule has 0 atom stereocenters. The first-order valence-corrected chi connectivity index (χ1v) is 9.40. The van der Waals surface area contributed by atoms with Gasteiger partial charge in [-0.05, 0) is 12.1 Å². The second-order valence-corrected chi connectivity index (χ2v) is 7.17. The van der Waals surface area contributed by atoms with Gasteiger partial charge in [-0.2, -0.15) is 16.7 Å². The summed E-state index contributed by atoms with van der Waals surface area (Å²) >= 11 is 1.98. The second-order valence-electron chi connectivity index (χ2n) is 5.95. The Labute approximate surface area is 145 Å². The molecule has 126 valence electrons. The van der Waals surface area contributed by atoms with Crippen LogP contribution < -0.4 is 9.80 Å². The molecule has 2 saturated heterocycles. The molecule has 2 aromatic heterocycles. The number of hydrogen-bond acceptors (Lipinski definition) is 7. The van der Waals surface area contributed by atoms with Crippen molar-refractivity contribution in [1.82, 2.24) is 19.9 Å². The summed E-state index contributed by atoms with van der Waals surface area (Å²) in [7, 11) is 0. The number of hydrogen-bond donors (Lipinski definition) is 0. The van der Waals surface area contributed by atoms with Gasteiger partial charge in [0.1, 0.15) is 5.52 Å². The average molecular weight is 344 g/mol. The van der Waals surface area contributed by atoms with Gasteiger partial charge in [0.05, 0.1) is 5.52 Å². The van der Waals surface area contributed by atoms with Crippen LogP contribution in [0, 0.1) is 0 Å². The van der Waals surface area contributed by atoms with Crippen LogP contribution in [0.2, 0.25) is 0 Å². The zero-order valence-electron chi connectivity index (χ0n) is 13.5. The van der Waals surface area contributed by atoms with E-state index in [-0.39, 0.29) is 0 Å². The number of pyridine rings is 1. The Hall–Kier alpha value is -2.09. The molecule has 0 unspecified atom stereocenters. The van der Waals surface area contributed by atoms with E-state index in [9.17, 15) is 4.79 Å². The van der Waals surface area contributed by atoms with Crippen LogP contribution in [0.3, 0.4) is 0 Å². The van der Waals surface area contributed by atoms with Crippen molar-refractivity contribution < 1.29 is 4.79 Å². The molecule has 1 amide bonds. The van der Waals surface area contributed by atoms with E-state index in [4.69, 9.17) is 9.97 Å². The maximum absolute atomic E-state index is 10.9. The van der Waals surface area contributed by atoms with Crippen molar-refractivity contribution in [2.45, 2.75) is 0 Å². The number of nitrogens with zero attached hydrogens (tertiary/aromatic N) is 6. The van der Waals surface area contributed by atoms with Crippen LogP contribution in [0.5, 0.6) is 0 Å². The highest BCUT2D eigenvalue weighted by atomic mass is 32.2. The van der Waals surface area contributed by atoms with E-state index in [2.05, 4.69) is 14.8 Å². The van der Waals surface area contributed by atoms with E-state index in [1.165, 1.54) is 0 Å². The van der Waals surface area contributed by atoms with Gasteiger partial charge in [-0.1, -0.05) is 0 Å². The fourth-order valence-corrected chi connectivity index (χ4v) is 4.01. The van der Waals surface area contributed by atoms with Crippen LogP contribution in [-0.4, -0.2) is 77.0 Å². The van der Waals surface area contributed by atoms with Crippen molar-refractivity contribution in [2.75, 3.05) is 60.6 Å². The second kappa shape index (κ2) is 6.80. The summed E-state index contributed by atoms with van der Waals surface area (Å²) in [5, 5.41) is 0. The average Bonchev–Trinajstić information content (AvgIpc) is 2.68. The van der Waals surface area contributed by atoms with E-state index in [0.717, 1.165) is 66.9 Å². The summed E-state index contributed by atoms with van der Waals surface area (Å²) in [6.07, 6.45) is 2.72. The molecule has 2 aliphatic heterocycles. The lowest BCUT2D eigenvalue weighted by molar-refractivity contribution is -0.118. The first-order valence-electron chi connectivity index (χ1n) is 8.25. The van der Waals surface area contributed by atoms with Crippen molar-refractivity contribution >= 4 is 41.0 Å². The SMILES string of the molecule is O=CN1CCN(c2nc(N3CCSCC3)c3ncccc3n2)CC1. The molecular formula is C16H20N6OS. The fraction of sp³-hybridized carbons (Fsp3) is 0.500. The van der Waals surface area contributed by atoms with Crippen LogP contribution >= 0.6 is 11.8 Å². The Morgan fingerprint density at radius 3 is 2.54 bits per heavy atom. The molecule has 0 aromatic carbocycles. The molecular weight excluding hydrogens is 324 g/mol. The van der Waals surface area contributed by atoms with E-state index < -0.39 is 0 Å². The maximum Gasteiger partial charge on any atom is 0.228 e. The van der Waals surface area contributed by atoms with E-state index in [1.54, 1.807) is 11.1 Å². The van der Waals surface area contributed by atoms with Gasteiger partial charge >= 0.3 is 0 Å². The minimum atomic E-state index is 0.716. The Balaban J connectivity index is 1.70. The van der Waals surface area contributed by atoms with Crippen LogP contribution in [-0.2, 0) is 4.79 Å². The first-order chi connectivity index (χ1) is 11.8. The standard InChI is InChI=1S/C16H20N6OS/c23-12-20-4-6-22(7-5-20)16-18-13-2-1-3-17-14(13)15(19-16)21-8-10-24-11-9-21/h1-3,12H,4-11H2. The van der Waals surface area contributed by atoms with Gasteiger partial charge in [0.2, 0.25) is 12.4 Å². The highest BCUT2D eigenvalue weighted by Gasteiger charge is 2.22. The van der Waals surface area contributed by atoms with Gasteiger partial charge in [0.15, 0.2) is 5.82 Å². The fourth-order valence-electron chi connectivity index (χ4n) is 3.10. The highest BCUT2D eigenvalue weighted by Crippen LogP contribution is 2.27. The summed E-state index contributed by atoms with van der Waals surface area (Å²) in [6, 6.07) is 3.91. The predicted octanol–water partition coefficient (Wildman–Crippen LogP) is 0.856. The lowest BCUT2D eigenvalue weighted by Gasteiger charge is -2.34. The summed E-state index contributed by atoms with van der Waals surface area (Å²) in [5.41, 5.74) is 1.76. The monoisotopic (exact) mass is 344 g/mol. The maximum atomic E-state index is 10.9. The lowest BCUT2D eigenvalue weighted by Crippen LogP contribution is -2.46.